The predicted octanol–water partition coefficient (Wildman–Crippen LogP) is 0.990. The van der Waals surface area contributed by atoms with Crippen LogP contribution in [-0.4, -0.2) is 40.7 Å². The molecule has 0 radical (unpaired) electrons. The number of amides is 2. The zero-order chi connectivity index (χ0) is 15.8. The molecule has 0 aromatic rings. The second kappa shape index (κ2) is 8.16. The first-order valence-corrected chi connectivity index (χ1v) is 6.84. The van der Waals surface area contributed by atoms with Gasteiger partial charge in [-0.05, 0) is 26.8 Å². The summed E-state index contributed by atoms with van der Waals surface area (Å²) in [6.07, 6.45) is 9.11. The van der Waals surface area contributed by atoms with Gasteiger partial charge in [-0.15, -0.1) is 5.53 Å². The molecule has 0 bridgehead atoms. The number of ketones is 1. The molecule has 6 heteroatoms. The number of nitrogens with one attached hydrogen (secondary N) is 1. The van der Waals surface area contributed by atoms with E-state index in [0.717, 1.165) is 0 Å². The van der Waals surface area contributed by atoms with Crippen molar-refractivity contribution in [1.29, 1.82) is 0 Å². The Hall–Kier alpha value is -2.21. The van der Waals surface area contributed by atoms with Gasteiger partial charge in [0.15, 0.2) is 5.78 Å². The molecule has 0 atom stereocenters. The zero-order valence-corrected chi connectivity index (χ0v) is 12.6. The molecule has 1 rings (SSSR count). The maximum Gasteiger partial charge on any atom is 0.261 e. The van der Waals surface area contributed by atoms with Crippen molar-refractivity contribution in [2.45, 2.75) is 20.8 Å². The first-order chi connectivity index (χ1) is 10.0. The average Bonchev–Trinajstić information content (AvgIpc) is 2.47. The van der Waals surface area contributed by atoms with Gasteiger partial charge in [0.25, 0.3) is 11.8 Å². The third-order valence-corrected chi connectivity index (χ3v) is 2.93. The third kappa shape index (κ3) is 4.68. The molecule has 0 spiro atoms. The highest BCUT2D eigenvalue weighted by molar-refractivity contribution is 5.94. The fourth-order valence-corrected chi connectivity index (χ4v) is 1.95. The number of nitrogens with zero attached hydrogens (tertiary/aromatic N) is 2. The number of carbonyl (C=O) groups excluding carboxylic acids is 3. The molecule has 1 N–H and O–H groups in total. The highest BCUT2D eigenvalue weighted by atomic mass is 16.2. The van der Waals surface area contributed by atoms with Gasteiger partial charge in [0.05, 0.1) is 19.0 Å². The van der Waals surface area contributed by atoms with E-state index in [1.54, 1.807) is 39.0 Å². The zero-order valence-electron chi connectivity index (χ0n) is 12.6. The van der Waals surface area contributed by atoms with Crippen molar-refractivity contribution in [2.75, 3.05) is 13.1 Å². The van der Waals surface area contributed by atoms with Crippen LogP contribution in [0.1, 0.15) is 20.8 Å². The Kier molecular flexibility index (Phi) is 6.55. The molecule has 114 valence electrons. The molecule has 1 aliphatic rings. The fourth-order valence-electron chi connectivity index (χ4n) is 1.95. The molecule has 0 unspecified atom stereocenters. The number of carbonyl (C=O) groups is 3. The van der Waals surface area contributed by atoms with Gasteiger partial charge in [-0.2, -0.15) is 0 Å². The van der Waals surface area contributed by atoms with Crippen LogP contribution in [0.2, 0.25) is 0 Å². The molecule has 0 aromatic heterocycles. The Morgan fingerprint density at radius 3 is 1.67 bits per heavy atom. The van der Waals surface area contributed by atoms with Crippen LogP contribution in [0.3, 0.4) is 0 Å². The number of hydrogen-bond acceptors (Lipinski definition) is 4. The first kappa shape index (κ1) is 16.8. The fraction of sp³-hybridized carbons (Fsp3) is 0.400. The molecule has 2 amide bonds. The van der Waals surface area contributed by atoms with Crippen LogP contribution < -0.4 is 5.53 Å². The summed E-state index contributed by atoms with van der Waals surface area (Å²) < 4.78 is 0. The van der Waals surface area contributed by atoms with Gasteiger partial charge in [0.1, 0.15) is 0 Å². The minimum atomic E-state index is -0.439. The van der Waals surface area contributed by atoms with E-state index in [-0.39, 0.29) is 30.7 Å². The Bertz CT molecular complexity index is 417. The normalized spacial score (nSPS) is 17.3. The molecule has 0 aliphatic carbocycles. The Morgan fingerprint density at radius 1 is 0.857 bits per heavy atom. The van der Waals surface area contributed by atoms with Crippen LogP contribution in [0.15, 0.2) is 36.5 Å². The van der Waals surface area contributed by atoms with Crippen LogP contribution in [0, 0.1) is 5.92 Å². The smallest absolute Gasteiger partial charge is 0.261 e. The topological polar surface area (TPSA) is 69.7 Å². The highest BCUT2D eigenvalue weighted by Gasteiger charge is 2.32. The van der Waals surface area contributed by atoms with Crippen LogP contribution in [0.25, 0.3) is 0 Å². The van der Waals surface area contributed by atoms with Crippen molar-refractivity contribution >= 4 is 17.6 Å². The molecule has 6 nitrogen and oxygen atoms in total. The lowest BCUT2D eigenvalue weighted by Gasteiger charge is -2.38. The van der Waals surface area contributed by atoms with E-state index in [1.807, 2.05) is 0 Å². The molecule has 1 heterocycles. The monoisotopic (exact) mass is 291 g/mol. The summed E-state index contributed by atoms with van der Waals surface area (Å²) >= 11 is 0. The lowest BCUT2D eigenvalue weighted by molar-refractivity contribution is -0.153. The lowest BCUT2D eigenvalue weighted by Crippen LogP contribution is -2.62. The standard InChI is InChI=1S/C15H21N3O3/c1-4-7-13(19)12-10-17(14(20)8-5-2)16-18(11-12)15(21)9-6-3/h4-9,12,16H,10-11H2,1-3H3/b7-4+,8-5+,9-6+. The van der Waals surface area contributed by atoms with E-state index in [0.29, 0.717) is 0 Å². The molecule has 0 aromatic carbocycles. The van der Waals surface area contributed by atoms with Gasteiger partial charge in [-0.1, -0.05) is 18.2 Å². The third-order valence-electron chi connectivity index (χ3n) is 2.93. The molecule has 21 heavy (non-hydrogen) atoms. The lowest BCUT2D eigenvalue weighted by atomic mass is 10.0. The van der Waals surface area contributed by atoms with E-state index in [2.05, 4.69) is 5.53 Å². The number of hydrogen-bond donors (Lipinski definition) is 1. The highest BCUT2D eigenvalue weighted by Crippen LogP contribution is 2.12. The van der Waals surface area contributed by atoms with Crippen molar-refractivity contribution in [3.8, 4) is 0 Å². The molecule has 1 saturated heterocycles. The van der Waals surface area contributed by atoms with Gasteiger partial charge >= 0.3 is 0 Å². The minimum Gasteiger partial charge on any atom is -0.294 e. The number of hydrazine groups is 2. The van der Waals surface area contributed by atoms with Crippen molar-refractivity contribution < 1.29 is 14.4 Å². The van der Waals surface area contributed by atoms with Gasteiger partial charge in [0.2, 0.25) is 0 Å². The van der Waals surface area contributed by atoms with Crippen molar-refractivity contribution in [3.05, 3.63) is 36.5 Å². The summed E-state index contributed by atoms with van der Waals surface area (Å²) in [7, 11) is 0. The maximum absolute atomic E-state index is 12.0. The summed E-state index contributed by atoms with van der Waals surface area (Å²) in [4.78, 5) is 35.9. The van der Waals surface area contributed by atoms with Crippen LogP contribution in [0.4, 0.5) is 0 Å². The maximum atomic E-state index is 12.0. The van der Waals surface area contributed by atoms with E-state index in [9.17, 15) is 14.4 Å². The largest absolute Gasteiger partial charge is 0.294 e. The second-order valence-corrected chi connectivity index (χ2v) is 4.60. The van der Waals surface area contributed by atoms with Gasteiger partial charge in [0, 0.05) is 12.2 Å². The quantitative estimate of drug-likeness (QED) is 0.784. The van der Waals surface area contributed by atoms with Gasteiger partial charge < -0.3 is 0 Å². The molecule has 1 aliphatic heterocycles. The number of rotatable bonds is 4. The van der Waals surface area contributed by atoms with E-state index < -0.39 is 5.92 Å². The van der Waals surface area contributed by atoms with Gasteiger partial charge in [-0.3, -0.25) is 24.4 Å². The van der Waals surface area contributed by atoms with Crippen molar-refractivity contribution in [3.63, 3.8) is 0 Å². The second-order valence-electron chi connectivity index (χ2n) is 4.60. The van der Waals surface area contributed by atoms with Crippen LogP contribution in [0.5, 0.6) is 0 Å². The van der Waals surface area contributed by atoms with Gasteiger partial charge in [-0.25, -0.2) is 0 Å². The summed E-state index contributed by atoms with van der Waals surface area (Å²) in [5.41, 5.74) is 2.74. The minimum absolute atomic E-state index is 0.101. The van der Waals surface area contributed by atoms with Crippen molar-refractivity contribution in [2.24, 2.45) is 5.92 Å². The molecule has 1 fully saturated rings. The summed E-state index contributed by atoms with van der Waals surface area (Å²) in [5.74, 6) is -1.14. The Morgan fingerprint density at radius 2 is 1.29 bits per heavy atom. The SMILES string of the molecule is C/C=C/C(=O)C1CN(C(=O)/C=C/C)NN(C(=O)/C=C/C)C1. The molecule has 0 saturated carbocycles. The molecular weight excluding hydrogens is 270 g/mol. The van der Waals surface area contributed by atoms with E-state index in [1.165, 1.54) is 28.2 Å². The van der Waals surface area contributed by atoms with Crippen LogP contribution >= 0.6 is 0 Å². The Labute approximate surface area is 124 Å². The molecular formula is C15H21N3O3. The van der Waals surface area contributed by atoms with Crippen molar-refractivity contribution in [1.82, 2.24) is 15.6 Å². The number of allylic oxidation sites excluding steroid dienone is 4. The van der Waals surface area contributed by atoms with Crippen LogP contribution in [-0.2, 0) is 14.4 Å². The predicted molar refractivity (Wildman–Crippen MR) is 79.5 cm³/mol. The Balaban J connectivity index is 2.94. The van der Waals surface area contributed by atoms with E-state index in [4.69, 9.17) is 0 Å². The summed E-state index contributed by atoms with van der Waals surface area (Å²) in [6, 6.07) is 0. The average molecular weight is 291 g/mol. The van der Waals surface area contributed by atoms with E-state index >= 15 is 0 Å². The summed E-state index contributed by atoms with van der Waals surface area (Å²) in [6.45, 7) is 5.67. The first-order valence-electron chi connectivity index (χ1n) is 6.84. The summed E-state index contributed by atoms with van der Waals surface area (Å²) in [5, 5.41) is 2.55.